The Hall–Kier alpha value is -0.580. The summed E-state index contributed by atoms with van der Waals surface area (Å²) in [6, 6.07) is 1.86. The Morgan fingerprint density at radius 3 is 3.00 bits per heavy atom. The van der Waals surface area contributed by atoms with Gasteiger partial charge in [0.2, 0.25) is 0 Å². The van der Waals surface area contributed by atoms with Crippen molar-refractivity contribution in [1.29, 1.82) is 0 Å². The number of thiophene rings is 1. The molecular weight excluding hydrogens is 198 g/mol. The maximum absolute atomic E-state index is 5.96. The van der Waals surface area contributed by atoms with Gasteiger partial charge >= 0.3 is 0 Å². The second kappa shape index (κ2) is 6.01. The molecule has 1 rings (SSSR count). The summed E-state index contributed by atoms with van der Waals surface area (Å²) in [7, 11) is 1.66. The fraction of sp³-hybridized carbons (Fsp3) is 0.600. The highest BCUT2D eigenvalue weighted by Gasteiger charge is 2.13. The van der Waals surface area contributed by atoms with Crippen LogP contribution < -0.4 is 10.5 Å². The molecule has 80 valence electrons. The van der Waals surface area contributed by atoms with Gasteiger partial charge in [0.05, 0.1) is 24.6 Å². The predicted molar refractivity (Wildman–Crippen MR) is 58.9 cm³/mol. The van der Waals surface area contributed by atoms with Crippen LogP contribution in [-0.2, 0) is 4.74 Å². The van der Waals surface area contributed by atoms with Crippen LogP contribution >= 0.6 is 11.3 Å². The third-order valence-electron chi connectivity index (χ3n) is 1.86. The Bertz CT molecular complexity index is 262. The van der Waals surface area contributed by atoms with E-state index in [0.29, 0.717) is 6.61 Å². The molecule has 0 fully saturated rings. The Morgan fingerprint density at radius 1 is 1.57 bits per heavy atom. The van der Waals surface area contributed by atoms with Gasteiger partial charge in [-0.05, 0) is 17.9 Å². The van der Waals surface area contributed by atoms with Crippen LogP contribution in [-0.4, -0.2) is 20.3 Å². The third kappa shape index (κ3) is 2.97. The van der Waals surface area contributed by atoms with Crippen LogP contribution in [0, 0.1) is 0 Å². The van der Waals surface area contributed by atoms with Gasteiger partial charge in [-0.25, -0.2) is 0 Å². The van der Waals surface area contributed by atoms with Gasteiger partial charge in [-0.1, -0.05) is 6.92 Å². The molecule has 14 heavy (non-hydrogen) atoms. The number of nitrogens with two attached hydrogens (primary N) is 1. The minimum Gasteiger partial charge on any atom is -0.496 e. The van der Waals surface area contributed by atoms with Gasteiger partial charge < -0.3 is 15.2 Å². The van der Waals surface area contributed by atoms with Gasteiger partial charge in [-0.2, -0.15) is 0 Å². The Kier molecular flexibility index (Phi) is 4.93. The molecule has 0 aliphatic carbocycles. The summed E-state index contributed by atoms with van der Waals surface area (Å²) in [4.78, 5) is 1.06. The molecule has 0 spiro atoms. The van der Waals surface area contributed by atoms with Gasteiger partial charge in [0, 0.05) is 6.61 Å². The van der Waals surface area contributed by atoms with E-state index in [4.69, 9.17) is 15.2 Å². The molecule has 0 saturated heterocycles. The van der Waals surface area contributed by atoms with Crippen LogP contribution in [0.1, 0.15) is 24.3 Å². The van der Waals surface area contributed by atoms with Crippen molar-refractivity contribution < 1.29 is 9.47 Å². The molecule has 0 amide bonds. The number of rotatable bonds is 6. The van der Waals surface area contributed by atoms with E-state index in [1.165, 1.54) is 0 Å². The summed E-state index contributed by atoms with van der Waals surface area (Å²) >= 11 is 1.61. The zero-order valence-electron chi connectivity index (χ0n) is 8.66. The first kappa shape index (κ1) is 11.5. The monoisotopic (exact) mass is 215 g/mol. The summed E-state index contributed by atoms with van der Waals surface area (Å²) in [6.45, 7) is 3.41. The second-order valence-electron chi connectivity index (χ2n) is 3.03. The Balaban J connectivity index is 2.47. The molecule has 3 nitrogen and oxygen atoms in total. The van der Waals surface area contributed by atoms with Crippen LogP contribution in [0.25, 0.3) is 0 Å². The van der Waals surface area contributed by atoms with E-state index in [1.807, 2.05) is 11.4 Å². The largest absolute Gasteiger partial charge is 0.496 e. The molecule has 1 aromatic rings. The molecule has 0 aliphatic heterocycles. The number of ether oxygens (including phenoxy) is 2. The van der Waals surface area contributed by atoms with E-state index in [-0.39, 0.29) is 6.04 Å². The average molecular weight is 215 g/mol. The highest BCUT2D eigenvalue weighted by atomic mass is 32.1. The molecule has 1 aromatic heterocycles. The lowest BCUT2D eigenvalue weighted by molar-refractivity contribution is 0.122. The maximum atomic E-state index is 5.96. The van der Waals surface area contributed by atoms with Crippen molar-refractivity contribution >= 4 is 11.3 Å². The summed E-state index contributed by atoms with van der Waals surface area (Å²) in [5.41, 5.74) is 5.96. The maximum Gasteiger partial charge on any atom is 0.134 e. The lowest BCUT2D eigenvalue weighted by atomic mass is 10.2. The second-order valence-corrected chi connectivity index (χ2v) is 3.98. The molecule has 1 atom stereocenters. The van der Waals surface area contributed by atoms with Gasteiger partial charge in [-0.15, -0.1) is 11.3 Å². The van der Waals surface area contributed by atoms with Crippen molar-refractivity contribution in [2.45, 2.75) is 19.4 Å². The topological polar surface area (TPSA) is 44.5 Å². The fourth-order valence-electron chi connectivity index (χ4n) is 1.18. The van der Waals surface area contributed by atoms with E-state index in [1.54, 1.807) is 18.4 Å². The zero-order chi connectivity index (χ0) is 10.4. The summed E-state index contributed by atoms with van der Waals surface area (Å²) in [5, 5.41) is 1.98. The SMILES string of the molecule is CCCOCC(N)c1sccc1OC. The van der Waals surface area contributed by atoms with E-state index in [9.17, 15) is 0 Å². The molecular formula is C10H17NO2S. The molecule has 0 saturated carbocycles. The van der Waals surface area contributed by atoms with Gasteiger partial charge in [0.1, 0.15) is 5.75 Å². The van der Waals surface area contributed by atoms with Crippen LogP contribution in [0.4, 0.5) is 0 Å². The van der Waals surface area contributed by atoms with Crippen LogP contribution in [0.5, 0.6) is 5.75 Å². The molecule has 1 unspecified atom stereocenters. The zero-order valence-corrected chi connectivity index (χ0v) is 9.47. The van der Waals surface area contributed by atoms with E-state index in [0.717, 1.165) is 23.7 Å². The van der Waals surface area contributed by atoms with Gasteiger partial charge in [-0.3, -0.25) is 0 Å². The molecule has 0 bridgehead atoms. The Labute approximate surface area is 88.8 Å². The Morgan fingerprint density at radius 2 is 2.36 bits per heavy atom. The first-order valence-corrected chi connectivity index (χ1v) is 5.62. The first-order valence-electron chi connectivity index (χ1n) is 4.74. The fourth-order valence-corrected chi connectivity index (χ4v) is 2.03. The molecule has 0 radical (unpaired) electrons. The number of hydrogen-bond donors (Lipinski definition) is 1. The van der Waals surface area contributed by atoms with Crippen molar-refractivity contribution in [3.8, 4) is 5.75 Å². The van der Waals surface area contributed by atoms with Gasteiger partial charge in [0.25, 0.3) is 0 Å². The molecule has 2 N–H and O–H groups in total. The van der Waals surface area contributed by atoms with E-state index >= 15 is 0 Å². The summed E-state index contributed by atoms with van der Waals surface area (Å²) in [6.07, 6.45) is 1.02. The third-order valence-corrected chi connectivity index (χ3v) is 2.89. The highest BCUT2D eigenvalue weighted by molar-refractivity contribution is 7.10. The number of hydrogen-bond acceptors (Lipinski definition) is 4. The molecule has 0 aromatic carbocycles. The van der Waals surface area contributed by atoms with Crippen molar-refractivity contribution in [2.24, 2.45) is 5.73 Å². The highest BCUT2D eigenvalue weighted by Crippen LogP contribution is 2.29. The standard InChI is InChI=1S/C10H17NO2S/c1-3-5-13-7-8(11)10-9(12-2)4-6-14-10/h4,6,8H,3,5,7,11H2,1-2H3. The predicted octanol–water partition coefficient (Wildman–Crippen LogP) is 2.18. The van der Waals surface area contributed by atoms with Crippen molar-refractivity contribution in [3.05, 3.63) is 16.3 Å². The quantitative estimate of drug-likeness (QED) is 0.740. The first-order chi connectivity index (χ1) is 6.79. The lowest BCUT2D eigenvalue weighted by Crippen LogP contribution is -2.16. The number of methoxy groups -OCH3 is 1. The van der Waals surface area contributed by atoms with Crippen LogP contribution in [0.3, 0.4) is 0 Å². The van der Waals surface area contributed by atoms with E-state index < -0.39 is 0 Å². The molecule has 4 heteroatoms. The normalized spacial score (nSPS) is 12.8. The van der Waals surface area contributed by atoms with Crippen LogP contribution in [0.2, 0.25) is 0 Å². The van der Waals surface area contributed by atoms with E-state index in [2.05, 4.69) is 6.92 Å². The van der Waals surface area contributed by atoms with Crippen LogP contribution in [0.15, 0.2) is 11.4 Å². The average Bonchev–Trinajstić information content (AvgIpc) is 2.65. The van der Waals surface area contributed by atoms with Gasteiger partial charge in [0.15, 0.2) is 0 Å². The molecule has 0 aliphatic rings. The smallest absolute Gasteiger partial charge is 0.134 e. The minimum atomic E-state index is -0.0727. The van der Waals surface area contributed by atoms with Crippen molar-refractivity contribution in [3.63, 3.8) is 0 Å². The minimum absolute atomic E-state index is 0.0727. The summed E-state index contributed by atoms with van der Waals surface area (Å²) in [5.74, 6) is 0.864. The molecule has 1 heterocycles. The summed E-state index contributed by atoms with van der Waals surface area (Å²) < 4.78 is 10.6. The lowest BCUT2D eigenvalue weighted by Gasteiger charge is -2.11. The van der Waals surface area contributed by atoms with Crippen molar-refractivity contribution in [1.82, 2.24) is 0 Å². The van der Waals surface area contributed by atoms with Crippen molar-refractivity contribution in [2.75, 3.05) is 20.3 Å².